The molecule has 0 radical (unpaired) electrons. The summed E-state index contributed by atoms with van der Waals surface area (Å²) >= 11 is 4.69. The summed E-state index contributed by atoms with van der Waals surface area (Å²) in [6.07, 6.45) is -4.29. The fourth-order valence-electron chi connectivity index (χ4n) is 1.58. The number of hydrogen-bond acceptors (Lipinski definition) is 2. The molecule has 1 amide bonds. The number of hydrogen-bond donors (Lipinski definition) is 1. The molecule has 2 rings (SSSR count). The fraction of sp³-hybridized carbons (Fsp3) is 0.154. The Kier molecular flexibility index (Phi) is 4.49. The van der Waals surface area contributed by atoms with Crippen LogP contribution in [0.1, 0.15) is 10.4 Å². The Bertz CT molecular complexity index is 624. The number of alkyl halides is 3. The van der Waals surface area contributed by atoms with Crippen LogP contribution in [0.3, 0.4) is 0 Å². The van der Waals surface area contributed by atoms with Gasteiger partial charge in [-0.05, 0) is 46.3 Å². The van der Waals surface area contributed by atoms with Gasteiger partial charge in [0.15, 0.2) is 0 Å². The van der Waals surface area contributed by atoms with Crippen molar-refractivity contribution < 1.29 is 18.0 Å². The molecule has 1 aromatic heterocycles. The molecule has 0 saturated carbocycles. The lowest BCUT2D eigenvalue weighted by Crippen LogP contribution is -2.14. The average molecular weight is 364 g/mol. The Morgan fingerprint density at radius 2 is 2.00 bits per heavy atom. The van der Waals surface area contributed by atoms with Gasteiger partial charge in [0, 0.05) is 10.6 Å². The van der Waals surface area contributed by atoms with E-state index in [9.17, 15) is 18.0 Å². The van der Waals surface area contributed by atoms with Crippen LogP contribution in [0.25, 0.3) is 0 Å². The number of carbonyl (C=O) groups excluding carboxylic acids is 1. The highest BCUT2D eigenvalue weighted by atomic mass is 79.9. The average Bonchev–Trinajstić information content (AvgIpc) is 2.73. The van der Waals surface area contributed by atoms with Gasteiger partial charge in [-0.15, -0.1) is 11.3 Å². The van der Waals surface area contributed by atoms with Crippen LogP contribution in [-0.2, 0) is 17.4 Å². The highest BCUT2D eigenvalue weighted by molar-refractivity contribution is 9.11. The summed E-state index contributed by atoms with van der Waals surface area (Å²) in [6.45, 7) is 0. The smallest absolute Gasteiger partial charge is 0.326 e. The largest absolute Gasteiger partial charge is 0.416 e. The number of benzene rings is 1. The van der Waals surface area contributed by atoms with Gasteiger partial charge in [-0.2, -0.15) is 13.2 Å². The van der Waals surface area contributed by atoms with Gasteiger partial charge in [-0.1, -0.05) is 6.07 Å². The third-order valence-corrected chi connectivity index (χ3v) is 4.06. The SMILES string of the molecule is O=C(Cc1ccc(Br)s1)Nc1cccc(C(F)(F)F)c1. The first-order valence-electron chi connectivity index (χ1n) is 5.56. The van der Waals surface area contributed by atoms with Crippen molar-refractivity contribution in [1.29, 1.82) is 0 Å². The van der Waals surface area contributed by atoms with E-state index in [0.29, 0.717) is 0 Å². The minimum Gasteiger partial charge on any atom is -0.326 e. The lowest BCUT2D eigenvalue weighted by Gasteiger charge is -2.09. The van der Waals surface area contributed by atoms with E-state index >= 15 is 0 Å². The van der Waals surface area contributed by atoms with Crippen molar-refractivity contribution in [2.45, 2.75) is 12.6 Å². The summed E-state index contributed by atoms with van der Waals surface area (Å²) in [5.74, 6) is -0.348. The van der Waals surface area contributed by atoms with Crippen molar-refractivity contribution >= 4 is 38.9 Å². The molecule has 0 aliphatic heterocycles. The first-order chi connectivity index (χ1) is 9.34. The molecule has 2 aromatic rings. The third kappa shape index (κ3) is 4.08. The summed E-state index contributed by atoms with van der Waals surface area (Å²) in [4.78, 5) is 12.6. The molecule has 106 valence electrons. The monoisotopic (exact) mass is 363 g/mol. The van der Waals surface area contributed by atoms with Gasteiger partial charge in [0.2, 0.25) is 5.91 Å². The molecule has 0 spiro atoms. The maximum absolute atomic E-state index is 12.5. The van der Waals surface area contributed by atoms with Crippen molar-refractivity contribution in [2.75, 3.05) is 5.32 Å². The van der Waals surface area contributed by atoms with Crippen LogP contribution in [0.5, 0.6) is 0 Å². The quantitative estimate of drug-likeness (QED) is 0.840. The Labute approximate surface area is 125 Å². The van der Waals surface area contributed by atoms with Crippen molar-refractivity contribution in [1.82, 2.24) is 0 Å². The zero-order valence-corrected chi connectivity index (χ0v) is 12.4. The van der Waals surface area contributed by atoms with E-state index in [-0.39, 0.29) is 18.0 Å². The number of nitrogens with one attached hydrogen (secondary N) is 1. The first-order valence-corrected chi connectivity index (χ1v) is 7.17. The molecule has 0 unspecified atom stereocenters. The second-order valence-electron chi connectivity index (χ2n) is 4.01. The van der Waals surface area contributed by atoms with E-state index in [4.69, 9.17) is 0 Å². The van der Waals surface area contributed by atoms with E-state index in [1.807, 2.05) is 6.07 Å². The Balaban J connectivity index is 2.04. The molecule has 0 bridgehead atoms. The lowest BCUT2D eigenvalue weighted by molar-refractivity contribution is -0.137. The van der Waals surface area contributed by atoms with Gasteiger partial charge >= 0.3 is 6.18 Å². The standard InChI is InChI=1S/C13H9BrF3NOS/c14-11-5-4-10(20-11)7-12(19)18-9-3-1-2-8(6-9)13(15,16)17/h1-6H,7H2,(H,18,19). The van der Waals surface area contributed by atoms with E-state index in [1.54, 1.807) is 6.07 Å². The molecule has 0 saturated heterocycles. The second kappa shape index (κ2) is 5.97. The molecule has 1 aromatic carbocycles. The number of halogens is 4. The second-order valence-corrected chi connectivity index (χ2v) is 6.56. The lowest BCUT2D eigenvalue weighted by atomic mass is 10.2. The summed E-state index contributed by atoms with van der Waals surface area (Å²) in [6, 6.07) is 8.18. The molecule has 2 nitrogen and oxygen atoms in total. The zero-order valence-electron chi connectivity index (χ0n) is 10.00. The number of amides is 1. The number of anilines is 1. The van der Waals surface area contributed by atoms with Crippen molar-refractivity contribution in [3.63, 3.8) is 0 Å². The van der Waals surface area contributed by atoms with E-state index < -0.39 is 11.7 Å². The summed E-state index contributed by atoms with van der Waals surface area (Å²) in [5.41, 5.74) is -0.644. The number of thiophene rings is 1. The molecule has 0 atom stereocenters. The number of rotatable bonds is 3. The van der Waals surface area contributed by atoms with Crippen molar-refractivity contribution in [2.24, 2.45) is 0 Å². The maximum atomic E-state index is 12.5. The summed E-state index contributed by atoms with van der Waals surface area (Å²) in [5, 5.41) is 2.46. The third-order valence-electron chi connectivity index (χ3n) is 2.44. The highest BCUT2D eigenvalue weighted by Gasteiger charge is 2.30. The summed E-state index contributed by atoms with van der Waals surface area (Å²) in [7, 11) is 0. The van der Waals surface area contributed by atoms with E-state index in [2.05, 4.69) is 21.2 Å². The topological polar surface area (TPSA) is 29.1 Å². The Morgan fingerprint density at radius 1 is 1.25 bits per heavy atom. The highest BCUT2D eigenvalue weighted by Crippen LogP contribution is 2.30. The van der Waals surface area contributed by atoms with E-state index in [1.165, 1.54) is 23.5 Å². The minimum atomic E-state index is -4.42. The molecule has 1 N–H and O–H groups in total. The van der Waals surface area contributed by atoms with Gasteiger partial charge in [-0.25, -0.2) is 0 Å². The van der Waals surface area contributed by atoms with Gasteiger partial charge in [0.05, 0.1) is 15.8 Å². The maximum Gasteiger partial charge on any atom is 0.416 e. The van der Waals surface area contributed by atoms with Crippen LogP contribution < -0.4 is 5.32 Å². The van der Waals surface area contributed by atoms with Crippen LogP contribution in [0.4, 0.5) is 18.9 Å². The van der Waals surface area contributed by atoms with Gasteiger partial charge in [0.25, 0.3) is 0 Å². The summed E-state index contributed by atoms with van der Waals surface area (Å²) < 4.78 is 38.5. The fourth-order valence-corrected chi connectivity index (χ4v) is 3.07. The molecule has 7 heteroatoms. The minimum absolute atomic E-state index is 0.131. The molecule has 0 aliphatic rings. The Morgan fingerprint density at radius 3 is 2.60 bits per heavy atom. The van der Waals surface area contributed by atoms with Crippen LogP contribution in [0.15, 0.2) is 40.2 Å². The normalized spacial score (nSPS) is 11.4. The first kappa shape index (κ1) is 15.1. The van der Waals surface area contributed by atoms with Crippen molar-refractivity contribution in [3.8, 4) is 0 Å². The molecular weight excluding hydrogens is 355 g/mol. The van der Waals surface area contributed by atoms with Gasteiger partial charge in [-0.3, -0.25) is 4.79 Å². The predicted octanol–water partition coefficient (Wildman–Crippen LogP) is 4.71. The molecule has 20 heavy (non-hydrogen) atoms. The van der Waals surface area contributed by atoms with Gasteiger partial charge < -0.3 is 5.32 Å². The Hall–Kier alpha value is -1.34. The molecule has 1 heterocycles. The molecular formula is C13H9BrF3NOS. The number of carbonyl (C=O) groups is 1. The van der Waals surface area contributed by atoms with Crippen molar-refractivity contribution in [3.05, 3.63) is 50.6 Å². The molecule has 0 aliphatic carbocycles. The predicted molar refractivity (Wildman–Crippen MR) is 75.8 cm³/mol. The zero-order chi connectivity index (χ0) is 14.8. The van der Waals surface area contributed by atoms with Gasteiger partial charge in [0.1, 0.15) is 0 Å². The van der Waals surface area contributed by atoms with Crippen LogP contribution >= 0.6 is 27.3 Å². The van der Waals surface area contributed by atoms with E-state index in [0.717, 1.165) is 20.8 Å². The van der Waals surface area contributed by atoms with Crippen LogP contribution in [0, 0.1) is 0 Å². The van der Waals surface area contributed by atoms with Crippen LogP contribution in [-0.4, -0.2) is 5.91 Å². The van der Waals surface area contributed by atoms with Crippen LogP contribution in [0.2, 0.25) is 0 Å². The molecule has 0 fully saturated rings.